The van der Waals surface area contributed by atoms with E-state index in [1.165, 1.54) is 5.56 Å². The first-order valence-electron chi connectivity index (χ1n) is 10.00. The molecule has 0 aliphatic rings. The van der Waals surface area contributed by atoms with Gasteiger partial charge in [0.1, 0.15) is 18.5 Å². The topological polar surface area (TPSA) is 58.7 Å². The zero-order valence-corrected chi connectivity index (χ0v) is 17.8. The first-order valence-corrected chi connectivity index (χ1v) is 10.9. The maximum Gasteiger partial charge on any atom is 0.127 e. The third kappa shape index (κ3) is 4.65. The molecule has 30 heavy (non-hydrogen) atoms. The van der Waals surface area contributed by atoms with Crippen LogP contribution in [-0.4, -0.2) is 36.3 Å². The van der Waals surface area contributed by atoms with E-state index in [0.717, 1.165) is 39.2 Å². The molecule has 0 spiro atoms. The van der Waals surface area contributed by atoms with Gasteiger partial charge in [0.05, 0.1) is 5.00 Å². The third-order valence-corrected chi connectivity index (χ3v) is 5.89. The zero-order chi connectivity index (χ0) is 20.9. The summed E-state index contributed by atoms with van der Waals surface area (Å²) in [5.41, 5.74) is 9.54. The summed E-state index contributed by atoms with van der Waals surface area (Å²) in [6, 6.07) is 24.4. The summed E-state index contributed by atoms with van der Waals surface area (Å²) < 4.78 is 5.94. The number of fused-ring (bicyclic) bond motifs is 1. The van der Waals surface area contributed by atoms with E-state index in [-0.39, 0.29) is 6.61 Å². The fourth-order valence-electron chi connectivity index (χ4n) is 3.74. The fourth-order valence-corrected chi connectivity index (χ4v) is 4.40. The minimum absolute atomic E-state index is 0.247. The van der Waals surface area contributed by atoms with Crippen molar-refractivity contribution in [3.05, 3.63) is 83.7 Å². The van der Waals surface area contributed by atoms with E-state index >= 15 is 0 Å². The Labute approximate surface area is 181 Å². The molecule has 4 nitrogen and oxygen atoms in total. The van der Waals surface area contributed by atoms with Gasteiger partial charge in [0.15, 0.2) is 0 Å². The van der Waals surface area contributed by atoms with Crippen molar-refractivity contribution in [3.8, 4) is 16.9 Å². The van der Waals surface area contributed by atoms with Crippen LogP contribution in [0, 0.1) is 0 Å². The minimum Gasteiger partial charge on any atom is -0.490 e. The van der Waals surface area contributed by atoms with Crippen LogP contribution in [0.2, 0.25) is 0 Å². The maximum atomic E-state index is 10.5. The molecule has 3 N–H and O–H groups in total. The van der Waals surface area contributed by atoms with Crippen LogP contribution in [0.4, 0.5) is 5.00 Å². The lowest BCUT2D eigenvalue weighted by molar-refractivity contribution is 0.0750. The van der Waals surface area contributed by atoms with Gasteiger partial charge in [0.2, 0.25) is 0 Å². The lowest BCUT2D eigenvalue weighted by Crippen LogP contribution is -2.32. The summed E-state index contributed by atoms with van der Waals surface area (Å²) >= 11 is 1.55. The summed E-state index contributed by atoms with van der Waals surface area (Å²) in [5, 5.41) is 15.6. The highest BCUT2D eigenvalue weighted by Crippen LogP contribution is 2.33. The molecule has 1 unspecified atom stereocenters. The number of aliphatic hydroxyl groups excluding tert-OH is 1. The molecule has 4 aromatic rings. The molecule has 0 aliphatic heterocycles. The number of ether oxygens (including phenoxy) is 1. The summed E-state index contributed by atoms with van der Waals surface area (Å²) in [4.78, 5) is 2.11. The maximum absolute atomic E-state index is 10.5. The summed E-state index contributed by atoms with van der Waals surface area (Å²) in [6.07, 6.45) is -0.590. The van der Waals surface area contributed by atoms with Crippen molar-refractivity contribution in [2.75, 3.05) is 25.9 Å². The van der Waals surface area contributed by atoms with E-state index in [1.807, 2.05) is 54.9 Å². The van der Waals surface area contributed by atoms with E-state index in [1.54, 1.807) is 11.3 Å². The Morgan fingerprint density at radius 1 is 0.967 bits per heavy atom. The standard InChI is InChI=1S/C25H26N2O2S/c1-27(15-19-8-3-4-10-21(19)23-13-14-30-25(23)26)16-20(28)17-29-24-12-6-9-18-7-2-5-11-22(18)24/h2-14,20,28H,15-17,26H2,1H3. The fraction of sp³-hybridized carbons (Fsp3) is 0.200. The highest BCUT2D eigenvalue weighted by molar-refractivity contribution is 7.14. The molecule has 0 amide bonds. The molecule has 0 fully saturated rings. The molecule has 1 heterocycles. The molecule has 0 bridgehead atoms. The number of thiophene rings is 1. The van der Waals surface area contributed by atoms with E-state index in [2.05, 4.69) is 35.2 Å². The van der Waals surface area contributed by atoms with Gasteiger partial charge in [0, 0.05) is 24.0 Å². The van der Waals surface area contributed by atoms with Crippen LogP contribution in [0.3, 0.4) is 0 Å². The number of nitrogens with two attached hydrogens (primary N) is 1. The first kappa shape index (κ1) is 20.4. The zero-order valence-electron chi connectivity index (χ0n) is 17.0. The number of anilines is 1. The molecule has 0 aliphatic carbocycles. The number of likely N-dealkylation sites (N-methyl/N-ethyl adjacent to an activating group) is 1. The second-order valence-electron chi connectivity index (χ2n) is 7.49. The predicted octanol–water partition coefficient (Wildman–Crippen LogP) is 5.02. The summed E-state index contributed by atoms with van der Waals surface area (Å²) in [7, 11) is 2.01. The number of hydrogen-bond donors (Lipinski definition) is 2. The Kier molecular flexibility index (Phi) is 6.33. The van der Waals surface area contributed by atoms with Crippen molar-refractivity contribution in [1.29, 1.82) is 0 Å². The second-order valence-corrected chi connectivity index (χ2v) is 8.44. The van der Waals surface area contributed by atoms with E-state index in [9.17, 15) is 5.11 Å². The molecule has 154 valence electrons. The van der Waals surface area contributed by atoms with E-state index in [0.29, 0.717) is 6.54 Å². The minimum atomic E-state index is -0.590. The predicted molar refractivity (Wildman–Crippen MR) is 126 cm³/mol. The van der Waals surface area contributed by atoms with Crippen molar-refractivity contribution < 1.29 is 9.84 Å². The highest BCUT2D eigenvalue weighted by atomic mass is 32.1. The Hall–Kier alpha value is -2.86. The Balaban J connectivity index is 1.38. The number of nitrogen functional groups attached to an aromatic ring is 1. The van der Waals surface area contributed by atoms with Gasteiger partial charge in [-0.1, -0.05) is 60.7 Å². The van der Waals surface area contributed by atoms with Crippen LogP contribution < -0.4 is 10.5 Å². The van der Waals surface area contributed by atoms with Crippen molar-refractivity contribution in [2.24, 2.45) is 0 Å². The van der Waals surface area contributed by atoms with Crippen molar-refractivity contribution in [2.45, 2.75) is 12.6 Å². The number of benzene rings is 3. The van der Waals surface area contributed by atoms with E-state index in [4.69, 9.17) is 10.5 Å². The molecule has 4 rings (SSSR count). The summed E-state index contributed by atoms with van der Waals surface area (Å²) in [6.45, 7) is 1.48. The Morgan fingerprint density at radius 3 is 2.57 bits per heavy atom. The van der Waals surface area contributed by atoms with Gasteiger partial charge in [-0.2, -0.15) is 0 Å². The normalized spacial score (nSPS) is 12.4. The smallest absolute Gasteiger partial charge is 0.127 e. The Morgan fingerprint density at radius 2 is 1.73 bits per heavy atom. The molecular weight excluding hydrogens is 392 g/mol. The van der Waals surface area contributed by atoms with Gasteiger partial charge in [0.25, 0.3) is 0 Å². The SMILES string of the molecule is CN(Cc1ccccc1-c1ccsc1N)CC(O)COc1cccc2ccccc12. The molecule has 1 aromatic heterocycles. The van der Waals surface area contributed by atoms with Crippen molar-refractivity contribution in [1.82, 2.24) is 4.90 Å². The molecule has 3 aromatic carbocycles. The number of nitrogens with zero attached hydrogens (tertiary/aromatic N) is 1. The average molecular weight is 419 g/mol. The van der Waals surface area contributed by atoms with Gasteiger partial charge in [-0.15, -0.1) is 11.3 Å². The van der Waals surface area contributed by atoms with Crippen LogP contribution >= 0.6 is 11.3 Å². The quantitative estimate of drug-likeness (QED) is 0.422. The molecule has 5 heteroatoms. The highest BCUT2D eigenvalue weighted by Gasteiger charge is 2.14. The van der Waals surface area contributed by atoms with Gasteiger partial charge in [-0.05, 0) is 41.1 Å². The lowest BCUT2D eigenvalue weighted by atomic mass is 10.0. The van der Waals surface area contributed by atoms with Gasteiger partial charge in [-0.3, -0.25) is 4.90 Å². The summed E-state index contributed by atoms with van der Waals surface area (Å²) in [5.74, 6) is 0.799. The average Bonchev–Trinajstić information content (AvgIpc) is 3.18. The lowest BCUT2D eigenvalue weighted by Gasteiger charge is -2.22. The number of aliphatic hydroxyl groups is 1. The molecule has 0 saturated carbocycles. The van der Waals surface area contributed by atoms with Crippen LogP contribution in [0.15, 0.2) is 78.2 Å². The first-order chi connectivity index (χ1) is 14.6. The van der Waals surface area contributed by atoms with Crippen LogP contribution in [0.25, 0.3) is 21.9 Å². The van der Waals surface area contributed by atoms with Crippen molar-refractivity contribution >= 4 is 27.1 Å². The van der Waals surface area contributed by atoms with Crippen LogP contribution in [-0.2, 0) is 6.54 Å². The molecule has 0 saturated heterocycles. The molecular formula is C25H26N2O2S. The van der Waals surface area contributed by atoms with Gasteiger partial charge in [-0.25, -0.2) is 0 Å². The van der Waals surface area contributed by atoms with E-state index < -0.39 is 6.10 Å². The second kappa shape index (κ2) is 9.30. The number of rotatable bonds is 8. The largest absolute Gasteiger partial charge is 0.490 e. The van der Waals surface area contributed by atoms with Gasteiger partial charge < -0.3 is 15.6 Å². The number of hydrogen-bond acceptors (Lipinski definition) is 5. The van der Waals surface area contributed by atoms with Crippen molar-refractivity contribution in [3.63, 3.8) is 0 Å². The van der Waals surface area contributed by atoms with Gasteiger partial charge >= 0.3 is 0 Å². The van der Waals surface area contributed by atoms with Crippen LogP contribution in [0.5, 0.6) is 5.75 Å². The Bertz CT molecular complexity index is 1120. The third-order valence-electron chi connectivity index (χ3n) is 5.15. The monoisotopic (exact) mass is 418 g/mol. The molecule has 0 radical (unpaired) electrons. The van der Waals surface area contributed by atoms with Crippen LogP contribution in [0.1, 0.15) is 5.56 Å². The molecule has 1 atom stereocenters.